The summed E-state index contributed by atoms with van der Waals surface area (Å²) >= 11 is 1.50. The molecule has 1 saturated carbocycles. The molecular formula is C16H17N3O2S. The fraction of sp³-hybridized carbons (Fsp3) is 0.438. The maximum Gasteiger partial charge on any atom is 0.260 e. The average Bonchev–Trinajstić information content (AvgIpc) is 3.03. The average molecular weight is 315 g/mol. The minimum atomic E-state index is -0.0989. The fourth-order valence-electron chi connectivity index (χ4n) is 2.76. The summed E-state index contributed by atoms with van der Waals surface area (Å²) < 4.78 is 5.55. The Balaban J connectivity index is 1.79. The van der Waals surface area contributed by atoms with Gasteiger partial charge in [-0.05, 0) is 29.7 Å². The summed E-state index contributed by atoms with van der Waals surface area (Å²) in [7, 11) is 0. The normalized spacial score (nSPS) is 15.6. The van der Waals surface area contributed by atoms with Gasteiger partial charge >= 0.3 is 0 Å². The highest BCUT2D eigenvalue weighted by molar-refractivity contribution is 7.16. The highest BCUT2D eigenvalue weighted by atomic mass is 32.1. The molecule has 1 aliphatic rings. The van der Waals surface area contributed by atoms with E-state index in [1.807, 2.05) is 5.38 Å². The predicted molar refractivity (Wildman–Crippen MR) is 86.4 cm³/mol. The van der Waals surface area contributed by atoms with E-state index in [0.717, 1.165) is 29.1 Å². The van der Waals surface area contributed by atoms with Gasteiger partial charge in [0.15, 0.2) is 11.7 Å². The summed E-state index contributed by atoms with van der Waals surface area (Å²) in [5, 5.41) is 2.72. The maximum atomic E-state index is 12.4. The van der Waals surface area contributed by atoms with E-state index < -0.39 is 0 Å². The van der Waals surface area contributed by atoms with Gasteiger partial charge in [-0.3, -0.25) is 4.79 Å². The molecule has 0 unspecified atom stereocenters. The van der Waals surface area contributed by atoms with E-state index in [9.17, 15) is 4.79 Å². The standard InChI is InChI=1S/C16H17N3O2S/c1-8(2)10-7-22-16-12(10)14(20)18-13(19-16)11-6-21-15(17-11)9-4-3-5-9/h6-9H,3-5H2,1-2H3,(H,18,19,20). The number of nitrogens with one attached hydrogen (secondary N) is 1. The molecule has 1 aliphatic carbocycles. The highest BCUT2D eigenvalue weighted by Crippen LogP contribution is 2.36. The molecule has 0 bridgehead atoms. The van der Waals surface area contributed by atoms with Crippen molar-refractivity contribution in [3.8, 4) is 11.5 Å². The molecule has 114 valence electrons. The first-order chi connectivity index (χ1) is 10.6. The van der Waals surface area contributed by atoms with Gasteiger partial charge in [-0.2, -0.15) is 0 Å². The molecule has 5 nitrogen and oxygen atoms in total. The van der Waals surface area contributed by atoms with Crippen molar-refractivity contribution >= 4 is 21.6 Å². The van der Waals surface area contributed by atoms with Crippen LogP contribution in [-0.4, -0.2) is 15.0 Å². The second-order valence-electron chi connectivity index (χ2n) is 6.14. The van der Waals surface area contributed by atoms with Crippen LogP contribution >= 0.6 is 11.3 Å². The van der Waals surface area contributed by atoms with E-state index in [1.54, 1.807) is 6.26 Å². The van der Waals surface area contributed by atoms with E-state index in [1.165, 1.54) is 17.8 Å². The molecule has 0 spiro atoms. The summed E-state index contributed by atoms with van der Waals surface area (Å²) in [5.41, 5.74) is 1.56. The molecule has 1 fully saturated rings. The molecule has 4 rings (SSSR count). The Labute approximate surface area is 131 Å². The van der Waals surface area contributed by atoms with Crippen LogP contribution in [0.2, 0.25) is 0 Å². The summed E-state index contributed by atoms with van der Waals surface area (Å²) in [6.07, 6.45) is 5.09. The third kappa shape index (κ3) is 2.09. The van der Waals surface area contributed by atoms with Crippen LogP contribution in [0.4, 0.5) is 0 Å². The second-order valence-corrected chi connectivity index (χ2v) is 7.00. The third-order valence-corrected chi connectivity index (χ3v) is 5.20. The Morgan fingerprint density at radius 2 is 2.18 bits per heavy atom. The fourth-order valence-corrected chi connectivity index (χ4v) is 3.86. The van der Waals surface area contributed by atoms with Gasteiger partial charge in [-0.15, -0.1) is 11.3 Å². The van der Waals surface area contributed by atoms with Gasteiger partial charge < -0.3 is 9.40 Å². The summed E-state index contributed by atoms with van der Waals surface area (Å²) in [5.74, 6) is 1.99. The molecule has 3 aromatic heterocycles. The molecule has 0 atom stereocenters. The number of H-pyrrole nitrogens is 1. The van der Waals surface area contributed by atoms with Gasteiger partial charge in [-0.25, -0.2) is 9.97 Å². The molecule has 0 saturated heterocycles. The van der Waals surface area contributed by atoms with Crippen molar-refractivity contribution in [2.75, 3.05) is 0 Å². The van der Waals surface area contributed by atoms with Crippen LogP contribution in [0, 0.1) is 0 Å². The molecule has 3 aromatic rings. The lowest BCUT2D eigenvalue weighted by Crippen LogP contribution is -2.11. The van der Waals surface area contributed by atoms with Gasteiger partial charge in [-0.1, -0.05) is 20.3 Å². The number of hydrogen-bond donors (Lipinski definition) is 1. The first-order valence-corrected chi connectivity index (χ1v) is 8.48. The zero-order chi connectivity index (χ0) is 15.3. The maximum absolute atomic E-state index is 12.4. The smallest absolute Gasteiger partial charge is 0.260 e. The number of rotatable bonds is 3. The Morgan fingerprint density at radius 1 is 1.36 bits per heavy atom. The van der Waals surface area contributed by atoms with Crippen LogP contribution in [0.15, 0.2) is 20.9 Å². The van der Waals surface area contributed by atoms with Crippen molar-refractivity contribution in [1.29, 1.82) is 0 Å². The van der Waals surface area contributed by atoms with Crippen molar-refractivity contribution in [2.45, 2.75) is 44.9 Å². The van der Waals surface area contributed by atoms with Gasteiger partial charge in [0.05, 0.1) is 5.39 Å². The number of aromatic nitrogens is 3. The van der Waals surface area contributed by atoms with E-state index in [0.29, 0.717) is 28.7 Å². The number of hydrogen-bond acceptors (Lipinski definition) is 5. The Bertz CT molecular complexity index is 886. The second kappa shape index (κ2) is 5.05. The minimum absolute atomic E-state index is 0.0989. The number of oxazole rings is 1. The lowest BCUT2D eigenvalue weighted by atomic mass is 9.85. The Morgan fingerprint density at radius 3 is 2.86 bits per heavy atom. The largest absolute Gasteiger partial charge is 0.448 e. The molecule has 0 aliphatic heterocycles. The quantitative estimate of drug-likeness (QED) is 0.792. The van der Waals surface area contributed by atoms with Gasteiger partial charge in [0.1, 0.15) is 16.8 Å². The lowest BCUT2D eigenvalue weighted by Gasteiger charge is -2.21. The summed E-state index contributed by atoms with van der Waals surface area (Å²) in [6.45, 7) is 4.16. The predicted octanol–water partition coefficient (Wildman–Crippen LogP) is 4.03. The van der Waals surface area contributed by atoms with Crippen molar-refractivity contribution in [3.63, 3.8) is 0 Å². The highest BCUT2D eigenvalue weighted by Gasteiger charge is 2.25. The van der Waals surface area contributed by atoms with Gasteiger partial charge in [0.2, 0.25) is 0 Å². The molecule has 22 heavy (non-hydrogen) atoms. The van der Waals surface area contributed by atoms with Crippen LogP contribution in [0.1, 0.15) is 56.4 Å². The SMILES string of the molecule is CC(C)c1csc2nc(-c3coc(C4CCC4)n3)[nH]c(=O)c12. The van der Waals surface area contributed by atoms with E-state index in [4.69, 9.17) is 4.42 Å². The van der Waals surface area contributed by atoms with E-state index in [-0.39, 0.29) is 5.56 Å². The van der Waals surface area contributed by atoms with Crippen LogP contribution in [0.5, 0.6) is 0 Å². The van der Waals surface area contributed by atoms with E-state index >= 15 is 0 Å². The summed E-state index contributed by atoms with van der Waals surface area (Å²) in [6, 6.07) is 0. The van der Waals surface area contributed by atoms with Crippen molar-refractivity contribution in [1.82, 2.24) is 15.0 Å². The van der Waals surface area contributed by atoms with E-state index in [2.05, 4.69) is 28.8 Å². The Kier molecular flexibility index (Phi) is 3.14. The Hall–Kier alpha value is -1.95. The lowest BCUT2D eigenvalue weighted by molar-refractivity contribution is 0.335. The molecule has 0 radical (unpaired) electrons. The molecule has 6 heteroatoms. The molecule has 1 N–H and O–H groups in total. The first-order valence-electron chi connectivity index (χ1n) is 7.60. The van der Waals surface area contributed by atoms with Crippen molar-refractivity contribution in [3.05, 3.63) is 33.5 Å². The monoisotopic (exact) mass is 315 g/mol. The third-order valence-electron chi connectivity index (χ3n) is 4.31. The van der Waals surface area contributed by atoms with Crippen LogP contribution in [0.25, 0.3) is 21.7 Å². The topological polar surface area (TPSA) is 71.8 Å². The molecule has 0 aromatic carbocycles. The van der Waals surface area contributed by atoms with Gasteiger partial charge in [0.25, 0.3) is 5.56 Å². The molecular weight excluding hydrogens is 298 g/mol. The van der Waals surface area contributed by atoms with Crippen LogP contribution in [-0.2, 0) is 0 Å². The zero-order valence-corrected chi connectivity index (χ0v) is 13.4. The number of nitrogens with zero attached hydrogens (tertiary/aromatic N) is 2. The van der Waals surface area contributed by atoms with Crippen LogP contribution in [0.3, 0.4) is 0 Å². The summed E-state index contributed by atoms with van der Waals surface area (Å²) in [4.78, 5) is 25.1. The van der Waals surface area contributed by atoms with Crippen LogP contribution < -0.4 is 5.56 Å². The zero-order valence-electron chi connectivity index (χ0n) is 12.5. The number of thiophene rings is 1. The van der Waals surface area contributed by atoms with Crippen molar-refractivity contribution < 1.29 is 4.42 Å². The first kappa shape index (κ1) is 13.7. The van der Waals surface area contributed by atoms with Crippen molar-refractivity contribution in [2.24, 2.45) is 0 Å². The molecule has 3 heterocycles. The minimum Gasteiger partial charge on any atom is -0.448 e. The van der Waals surface area contributed by atoms with Gasteiger partial charge in [0, 0.05) is 5.92 Å². The molecule has 0 amide bonds. The number of fused-ring (bicyclic) bond motifs is 1. The number of aromatic amines is 1.